The first-order valence-electron chi connectivity index (χ1n) is 7.09. The summed E-state index contributed by atoms with van der Waals surface area (Å²) in [5.74, 6) is 0.976. The van der Waals surface area contributed by atoms with Gasteiger partial charge in [-0.2, -0.15) is 0 Å². The van der Waals surface area contributed by atoms with E-state index in [-0.39, 0.29) is 5.78 Å². The van der Waals surface area contributed by atoms with E-state index in [1.165, 1.54) is 0 Å². The van der Waals surface area contributed by atoms with Crippen LogP contribution in [0.3, 0.4) is 0 Å². The molecule has 0 aliphatic heterocycles. The van der Waals surface area contributed by atoms with Crippen LogP contribution in [0.5, 0.6) is 5.75 Å². The first-order chi connectivity index (χ1) is 9.22. The highest BCUT2D eigenvalue weighted by atomic mass is 16.5. The fourth-order valence-electron chi connectivity index (χ4n) is 1.89. The molecule has 3 heteroatoms. The molecule has 0 aliphatic carbocycles. The van der Waals surface area contributed by atoms with Gasteiger partial charge in [-0.15, -0.1) is 0 Å². The van der Waals surface area contributed by atoms with Crippen molar-refractivity contribution in [2.24, 2.45) is 0 Å². The molecule has 0 spiro atoms. The SMILES string of the molecule is CCCOC(C(=O)CCC)c1ccc(OCC)cc1. The molecule has 1 atom stereocenters. The van der Waals surface area contributed by atoms with Crippen LogP contribution in [0.4, 0.5) is 0 Å². The first kappa shape index (κ1) is 15.7. The lowest BCUT2D eigenvalue weighted by Crippen LogP contribution is -2.16. The standard InChI is InChI=1S/C16H24O3/c1-4-7-15(17)16(19-12-5-2)13-8-10-14(11-9-13)18-6-3/h8-11,16H,4-7,12H2,1-3H3. The number of hydrogen-bond acceptors (Lipinski definition) is 3. The maximum Gasteiger partial charge on any atom is 0.166 e. The molecule has 0 fully saturated rings. The Kier molecular flexibility index (Phi) is 7.19. The van der Waals surface area contributed by atoms with Gasteiger partial charge < -0.3 is 9.47 Å². The van der Waals surface area contributed by atoms with E-state index in [2.05, 4.69) is 0 Å². The fraction of sp³-hybridized carbons (Fsp3) is 0.562. The zero-order chi connectivity index (χ0) is 14.1. The van der Waals surface area contributed by atoms with Crippen molar-refractivity contribution in [3.05, 3.63) is 29.8 Å². The Hall–Kier alpha value is -1.35. The van der Waals surface area contributed by atoms with E-state index in [1.807, 2.05) is 45.0 Å². The molecule has 106 valence electrons. The van der Waals surface area contributed by atoms with E-state index in [0.29, 0.717) is 19.6 Å². The van der Waals surface area contributed by atoms with Crippen LogP contribution in [0.1, 0.15) is 51.7 Å². The van der Waals surface area contributed by atoms with Gasteiger partial charge in [0.05, 0.1) is 6.61 Å². The molecule has 1 unspecified atom stereocenters. The third-order valence-corrected chi connectivity index (χ3v) is 2.77. The molecule has 0 bridgehead atoms. The predicted octanol–water partition coefficient (Wildman–Crippen LogP) is 3.92. The summed E-state index contributed by atoms with van der Waals surface area (Å²) in [6.45, 7) is 7.25. The van der Waals surface area contributed by atoms with Crippen LogP contribution in [0, 0.1) is 0 Å². The Morgan fingerprint density at radius 2 is 1.79 bits per heavy atom. The number of benzene rings is 1. The second kappa shape index (κ2) is 8.70. The summed E-state index contributed by atoms with van der Waals surface area (Å²) in [4.78, 5) is 12.1. The molecule has 19 heavy (non-hydrogen) atoms. The zero-order valence-corrected chi connectivity index (χ0v) is 12.1. The van der Waals surface area contributed by atoms with E-state index < -0.39 is 6.10 Å². The minimum Gasteiger partial charge on any atom is -0.494 e. The highest BCUT2D eigenvalue weighted by Crippen LogP contribution is 2.23. The smallest absolute Gasteiger partial charge is 0.166 e. The van der Waals surface area contributed by atoms with Crippen LogP contribution in [-0.4, -0.2) is 19.0 Å². The van der Waals surface area contributed by atoms with Gasteiger partial charge >= 0.3 is 0 Å². The maximum absolute atomic E-state index is 12.1. The Morgan fingerprint density at radius 1 is 1.11 bits per heavy atom. The Morgan fingerprint density at radius 3 is 2.32 bits per heavy atom. The van der Waals surface area contributed by atoms with Crippen molar-refractivity contribution < 1.29 is 14.3 Å². The first-order valence-corrected chi connectivity index (χ1v) is 7.09. The third-order valence-electron chi connectivity index (χ3n) is 2.77. The summed E-state index contributed by atoms with van der Waals surface area (Å²) >= 11 is 0. The molecule has 0 heterocycles. The molecule has 3 nitrogen and oxygen atoms in total. The van der Waals surface area contributed by atoms with Gasteiger partial charge in [-0.3, -0.25) is 4.79 Å². The monoisotopic (exact) mass is 264 g/mol. The van der Waals surface area contributed by atoms with E-state index >= 15 is 0 Å². The van der Waals surface area contributed by atoms with Crippen molar-refractivity contribution in [3.63, 3.8) is 0 Å². The van der Waals surface area contributed by atoms with E-state index in [4.69, 9.17) is 9.47 Å². The lowest BCUT2D eigenvalue weighted by Gasteiger charge is -2.17. The van der Waals surface area contributed by atoms with Gasteiger partial charge in [-0.1, -0.05) is 26.0 Å². The van der Waals surface area contributed by atoms with Crippen molar-refractivity contribution in [3.8, 4) is 5.75 Å². The largest absolute Gasteiger partial charge is 0.494 e. The number of rotatable bonds is 9. The molecule has 0 aliphatic rings. The van der Waals surface area contributed by atoms with Gasteiger partial charge in [-0.25, -0.2) is 0 Å². The number of hydrogen-bond donors (Lipinski definition) is 0. The van der Waals surface area contributed by atoms with Gasteiger partial charge in [0, 0.05) is 13.0 Å². The van der Waals surface area contributed by atoms with Crippen LogP contribution in [-0.2, 0) is 9.53 Å². The maximum atomic E-state index is 12.1. The van der Waals surface area contributed by atoms with E-state index in [0.717, 1.165) is 24.2 Å². The lowest BCUT2D eigenvalue weighted by molar-refractivity contribution is -0.131. The number of carbonyl (C=O) groups is 1. The van der Waals surface area contributed by atoms with E-state index in [1.54, 1.807) is 0 Å². The minimum absolute atomic E-state index is 0.153. The average Bonchev–Trinajstić information content (AvgIpc) is 2.41. The molecule has 1 rings (SSSR count). The molecule has 1 aromatic rings. The van der Waals surface area contributed by atoms with Gasteiger partial charge in [0.1, 0.15) is 11.9 Å². The van der Waals surface area contributed by atoms with Crippen LogP contribution in [0.15, 0.2) is 24.3 Å². The van der Waals surface area contributed by atoms with Crippen LogP contribution < -0.4 is 4.74 Å². The third kappa shape index (κ3) is 5.03. The zero-order valence-electron chi connectivity index (χ0n) is 12.1. The molecule has 0 saturated heterocycles. The summed E-state index contributed by atoms with van der Waals surface area (Å²) in [6.07, 6.45) is 1.88. The van der Waals surface area contributed by atoms with Crippen molar-refractivity contribution in [2.45, 2.75) is 46.1 Å². The molecule has 0 aromatic heterocycles. The van der Waals surface area contributed by atoms with Gasteiger partial charge in [0.25, 0.3) is 0 Å². The number of ether oxygens (including phenoxy) is 2. The van der Waals surface area contributed by atoms with Crippen molar-refractivity contribution in [1.29, 1.82) is 0 Å². The van der Waals surface area contributed by atoms with Crippen LogP contribution in [0.2, 0.25) is 0 Å². The Balaban J connectivity index is 2.80. The molecule has 1 aromatic carbocycles. The molecular weight excluding hydrogens is 240 g/mol. The summed E-state index contributed by atoms with van der Waals surface area (Å²) in [5, 5.41) is 0. The van der Waals surface area contributed by atoms with Crippen molar-refractivity contribution in [2.75, 3.05) is 13.2 Å². The lowest BCUT2D eigenvalue weighted by atomic mass is 10.0. The second-order valence-electron chi connectivity index (χ2n) is 4.47. The topological polar surface area (TPSA) is 35.5 Å². The van der Waals surface area contributed by atoms with E-state index in [9.17, 15) is 4.79 Å². The van der Waals surface area contributed by atoms with Gasteiger partial charge in [0.2, 0.25) is 0 Å². The second-order valence-corrected chi connectivity index (χ2v) is 4.47. The highest BCUT2D eigenvalue weighted by molar-refractivity contribution is 5.84. The summed E-state index contributed by atoms with van der Waals surface area (Å²) in [5.41, 5.74) is 0.912. The summed E-state index contributed by atoms with van der Waals surface area (Å²) < 4.78 is 11.1. The fourth-order valence-corrected chi connectivity index (χ4v) is 1.89. The predicted molar refractivity (Wildman–Crippen MR) is 76.5 cm³/mol. The minimum atomic E-state index is -0.435. The molecule has 0 amide bonds. The van der Waals surface area contributed by atoms with Crippen LogP contribution in [0.25, 0.3) is 0 Å². The quantitative estimate of drug-likeness (QED) is 0.678. The summed E-state index contributed by atoms with van der Waals surface area (Å²) in [6, 6.07) is 7.61. The van der Waals surface area contributed by atoms with Crippen LogP contribution >= 0.6 is 0 Å². The van der Waals surface area contributed by atoms with Gasteiger partial charge in [0.15, 0.2) is 5.78 Å². The number of carbonyl (C=O) groups excluding carboxylic acids is 1. The highest BCUT2D eigenvalue weighted by Gasteiger charge is 2.20. The molecular formula is C16H24O3. The Bertz CT molecular complexity index is 370. The molecule has 0 saturated carbocycles. The Labute approximate surface area is 115 Å². The van der Waals surface area contributed by atoms with Crippen molar-refractivity contribution in [1.82, 2.24) is 0 Å². The average molecular weight is 264 g/mol. The van der Waals surface area contributed by atoms with Gasteiger partial charge in [-0.05, 0) is 37.5 Å². The number of ketones is 1. The van der Waals surface area contributed by atoms with Crippen molar-refractivity contribution >= 4 is 5.78 Å². The molecule has 0 radical (unpaired) electrons. The number of Topliss-reactive ketones (excluding diaryl/α,β-unsaturated/α-hetero) is 1. The summed E-state index contributed by atoms with van der Waals surface area (Å²) in [7, 11) is 0. The molecule has 0 N–H and O–H groups in total. The normalized spacial score (nSPS) is 12.2.